The minimum atomic E-state index is -0.536. The third-order valence-electron chi connectivity index (χ3n) is 5.36. The van der Waals surface area contributed by atoms with E-state index in [9.17, 15) is 9.59 Å². The predicted octanol–water partition coefficient (Wildman–Crippen LogP) is 3.02. The van der Waals surface area contributed by atoms with Crippen LogP contribution in [0.2, 0.25) is 0 Å². The van der Waals surface area contributed by atoms with Crippen LogP contribution in [0, 0.1) is 0 Å². The summed E-state index contributed by atoms with van der Waals surface area (Å²) >= 11 is 0. The van der Waals surface area contributed by atoms with Gasteiger partial charge in [-0.3, -0.25) is 14.5 Å². The van der Waals surface area contributed by atoms with Crippen molar-refractivity contribution in [3.63, 3.8) is 0 Å². The topological polar surface area (TPSA) is 99.4 Å². The van der Waals surface area contributed by atoms with Gasteiger partial charge >= 0.3 is 5.97 Å². The number of likely N-dealkylation sites (tertiary alicyclic amines) is 1. The fraction of sp³-hybridized carbons (Fsp3) is 0.458. The van der Waals surface area contributed by atoms with Gasteiger partial charge in [0, 0.05) is 31.3 Å². The molecule has 1 saturated heterocycles. The maximum atomic E-state index is 12.6. The summed E-state index contributed by atoms with van der Waals surface area (Å²) < 4.78 is 12.4. The summed E-state index contributed by atoms with van der Waals surface area (Å²) in [7, 11) is 0. The summed E-state index contributed by atoms with van der Waals surface area (Å²) in [4.78, 5) is 35.2. The number of esters is 1. The van der Waals surface area contributed by atoms with E-state index in [4.69, 9.17) is 9.47 Å². The van der Waals surface area contributed by atoms with Crippen molar-refractivity contribution in [2.45, 2.75) is 45.3 Å². The Hall–Kier alpha value is -3.33. The molecule has 0 N–H and O–H groups in total. The molecule has 0 radical (unpaired) electrons. The Balaban J connectivity index is 1.28. The molecule has 1 fully saturated rings. The van der Waals surface area contributed by atoms with Crippen LogP contribution < -0.4 is 0 Å². The van der Waals surface area contributed by atoms with Crippen molar-refractivity contribution in [2.24, 2.45) is 0 Å². The first-order valence-electron chi connectivity index (χ1n) is 11.1. The number of rotatable bonds is 7. The summed E-state index contributed by atoms with van der Waals surface area (Å²) in [5, 5.41) is 4.48. The monoisotopic (exact) mass is 451 g/mol. The molecule has 1 aromatic carbocycles. The van der Waals surface area contributed by atoms with Gasteiger partial charge in [-0.25, -0.2) is 9.78 Å². The van der Waals surface area contributed by atoms with Crippen molar-refractivity contribution in [3.8, 4) is 11.3 Å². The normalized spacial score (nSPS) is 16.9. The number of carbonyl (C=O) groups is 2. The van der Waals surface area contributed by atoms with Gasteiger partial charge in [0.25, 0.3) is 0 Å². The number of para-hydroxylation sites is 2. The number of ether oxygens (including phenoxy) is 2. The van der Waals surface area contributed by atoms with Gasteiger partial charge in [0.1, 0.15) is 12.2 Å². The zero-order chi connectivity index (χ0) is 23.4. The number of piperidine rings is 1. The van der Waals surface area contributed by atoms with E-state index >= 15 is 0 Å². The smallest absolute Gasteiger partial charge is 0.332 e. The quantitative estimate of drug-likeness (QED) is 0.402. The Morgan fingerprint density at radius 3 is 2.73 bits per heavy atom. The number of fused-ring (bicyclic) bond motifs is 1. The Kier molecular flexibility index (Phi) is 6.69. The third-order valence-corrected chi connectivity index (χ3v) is 5.36. The van der Waals surface area contributed by atoms with Gasteiger partial charge in [-0.1, -0.05) is 12.1 Å². The molecule has 4 rings (SSSR count). The molecular formula is C24H29N5O4. The average molecular weight is 452 g/mol. The lowest BCUT2D eigenvalue weighted by molar-refractivity contribution is -0.160. The fourth-order valence-electron chi connectivity index (χ4n) is 3.79. The highest BCUT2D eigenvalue weighted by atomic mass is 16.6. The number of hydrogen-bond donors (Lipinski definition) is 0. The van der Waals surface area contributed by atoms with Crippen LogP contribution in [0.3, 0.4) is 0 Å². The van der Waals surface area contributed by atoms with Gasteiger partial charge in [0.15, 0.2) is 0 Å². The Morgan fingerprint density at radius 2 is 1.97 bits per heavy atom. The van der Waals surface area contributed by atoms with E-state index in [1.807, 2.05) is 55.9 Å². The van der Waals surface area contributed by atoms with Crippen LogP contribution in [0.25, 0.3) is 22.3 Å². The number of benzene rings is 1. The number of carbonyl (C=O) groups excluding carboxylic acids is 2. The van der Waals surface area contributed by atoms with E-state index in [0.29, 0.717) is 26.1 Å². The van der Waals surface area contributed by atoms with Gasteiger partial charge in [0.2, 0.25) is 5.91 Å². The second-order valence-electron chi connectivity index (χ2n) is 9.12. The summed E-state index contributed by atoms with van der Waals surface area (Å²) in [6, 6.07) is 7.73. The highest BCUT2D eigenvalue weighted by Crippen LogP contribution is 2.26. The van der Waals surface area contributed by atoms with E-state index < -0.39 is 11.6 Å². The standard InChI is InChI=1S/C24H29N5O4/c1-24(2,3)33-23(31)16-32-11-10-28-9-8-18(12-22(28)30)29-15-17(13-26-29)21-14-25-19-6-4-5-7-20(19)27-21/h4-7,13-15,18H,8-12,16H2,1-3H3. The van der Waals surface area contributed by atoms with Crippen molar-refractivity contribution in [2.75, 3.05) is 26.3 Å². The molecule has 0 spiro atoms. The van der Waals surface area contributed by atoms with Crippen molar-refractivity contribution >= 4 is 22.9 Å². The van der Waals surface area contributed by atoms with E-state index in [-0.39, 0.29) is 18.6 Å². The second kappa shape index (κ2) is 9.66. The molecule has 0 saturated carbocycles. The zero-order valence-electron chi connectivity index (χ0n) is 19.2. The second-order valence-corrected chi connectivity index (χ2v) is 9.12. The van der Waals surface area contributed by atoms with Crippen LogP contribution in [0.1, 0.15) is 39.7 Å². The number of nitrogens with zero attached hydrogens (tertiary/aromatic N) is 5. The van der Waals surface area contributed by atoms with Crippen LogP contribution >= 0.6 is 0 Å². The summed E-state index contributed by atoms with van der Waals surface area (Å²) in [5.74, 6) is -0.354. The molecule has 1 aliphatic rings. The van der Waals surface area contributed by atoms with Crippen LogP contribution in [0.5, 0.6) is 0 Å². The molecular weight excluding hydrogens is 422 g/mol. The van der Waals surface area contributed by atoms with Crippen LogP contribution in [-0.4, -0.2) is 68.4 Å². The molecule has 0 bridgehead atoms. The molecule has 1 atom stereocenters. The Bertz CT molecular complexity index is 1140. The highest BCUT2D eigenvalue weighted by molar-refractivity contribution is 5.78. The summed E-state index contributed by atoms with van der Waals surface area (Å²) in [6.45, 7) is 6.68. The Morgan fingerprint density at radius 1 is 1.18 bits per heavy atom. The van der Waals surface area contributed by atoms with Crippen LogP contribution in [0.4, 0.5) is 0 Å². The molecule has 9 heteroatoms. The molecule has 1 unspecified atom stereocenters. The molecule has 174 valence electrons. The van der Waals surface area contributed by atoms with E-state index in [0.717, 1.165) is 28.7 Å². The molecule has 9 nitrogen and oxygen atoms in total. The van der Waals surface area contributed by atoms with Gasteiger partial charge in [0.05, 0.1) is 41.8 Å². The van der Waals surface area contributed by atoms with Gasteiger partial charge in [-0.05, 0) is 39.3 Å². The minimum Gasteiger partial charge on any atom is -0.458 e. The van der Waals surface area contributed by atoms with Gasteiger partial charge < -0.3 is 14.4 Å². The van der Waals surface area contributed by atoms with Gasteiger partial charge in [-0.2, -0.15) is 5.10 Å². The summed E-state index contributed by atoms with van der Waals surface area (Å²) in [5.41, 5.74) is 2.78. The van der Waals surface area contributed by atoms with Crippen molar-refractivity contribution in [1.29, 1.82) is 0 Å². The molecule has 3 heterocycles. The first-order valence-corrected chi connectivity index (χ1v) is 11.1. The predicted molar refractivity (Wildman–Crippen MR) is 122 cm³/mol. The lowest BCUT2D eigenvalue weighted by Gasteiger charge is -2.31. The fourth-order valence-corrected chi connectivity index (χ4v) is 3.79. The van der Waals surface area contributed by atoms with Crippen molar-refractivity contribution < 1.29 is 19.1 Å². The average Bonchev–Trinajstić information content (AvgIpc) is 3.26. The van der Waals surface area contributed by atoms with E-state index in [1.165, 1.54) is 0 Å². The van der Waals surface area contributed by atoms with Crippen LogP contribution in [0.15, 0.2) is 42.9 Å². The molecule has 0 aliphatic carbocycles. The number of aromatic nitrogens is 4. The maximum absolute atomic E-state index is 12.6. The van der Waals surface area contributed by atoms with Crippen LogP contribution in [-0.2, 0) is 19.1 Å². The first-order chi connectivity index (χ1) is 15.8. The van der Waals surface area contributed by atoms with E-state index in [2.05, 4.69) is 15.1 Å². The first kappa shape index (κ1) is 22.8. The lowest BCUT2D eigenvalue weighted by atomic mass is 10.0. The molecule has 1 aliphatic heterocycles. The number of hydrogen-bond acceptors (Lipinski definition) is 7. The zero-order valence-corrected chi connectivity index (χ0v) is 19.2. The van der Waals surface area contributed by atoms with E-state index in [1.54, 1.807) is 17.3 Å². The molecule has 33 heavy (non-hydrogen) atoms. The van der Waals surface area contributed by atoms with Crippen molar-refractivity contribution in [3.05, 3.63) is 42.9 Å². The molecule has 3 aromatic rings. The largest absolute Gasteiger partial charge is 0.458 e. The van der Waals surface area contributed by atoms with Crippen molar-refractivity contribution in [1.82, 2.24) is 24.6 Å². The molecule has 2 aromatic heterocycles. The third kappa shape index (κ3) is 5.92. The van der Waals surface area contributed by atoms with Gasteiger partial charge in [-0.15, -0.1) is 0 Å². The lowest BCUT2D eigenvalue weighted by Crippen LogP contribution is -2.41. The number of amides is 1. The molecule has 1 amide bonds. The highest BCUT2D eigenvalue weighted by Gasteiger charge is 2.27. The SMILES string of the molecule is CC(C)(C)OC(=O)COCCN1CCC(n2cc(-c3cnc4ccccc4n3)cn2)CC1=O. The maximum Gasteiger partial charge on any atom is 0.332 e. The summed E-state index contributed by atoms with van der Waals surface area (Å²) in [6.07, 6.45) is 6.60. The minimum absolute atomic E-state index is 0.00130. The Labute approximate surface area is 192 Å².